The summed E-state index contributed by atoms with van der Waals surface area (Å²) in [6, 6.07) is 6.06. The molecule has 0 saturated heterocycles. The number of benzene rings is 2. The Morgan fingerprint density at radius 1 is 1.03 bits per heavy atom. The molecule has 0 atom stereocenters. The zero-order chi connectivity index (χ0) is 22.8. The number of aliphatic imine (C=N–C) groups is 2. The van der Waals surface area contributed by atoms with Crippen LogP contribution in [0.5, 0.6) is 5.75 Å². The molecule has 0 spiro atoms. The second-order valence-electron chi connectivity index (χ2n) is 6.12. The molecule has 0 radical (unpaired) electrons. The lowest BCUT2D eigenvalue weighted by Gasteiger charge is -2.18. The molecule has 0 fully saturated rings. The molecule has 0 saturated carbocycles. The molecule has 0 aliphatic carbocycles. The van der Waals surface area contributed by atoms with Gasteiger partial charge in [-0.3, -0.25) is 4.79 Å². The molecular formula is C18H16Cl2F3N5O2. The van der Waals surface area contributed by atoms with Crippen molar-refractivity contribution in [1.29, 1.82) is 0 Å². The Morgan fingerprint density at radius 3 is 2.13 bits per heavy atom. The predicted octanol–water partition coefficient (Wildman–Crippen LogP) is 4.10. The molecule has 1 amide bonds. The lowest BCUT2D eigenvalue weighted by atomic mass is 10.0. The summed E-state index contributed by atoms with van der Waals surface area (Å²) in [7, 11) is 2.48. The van der Waals surface area contributed by atoms with Crippen LogP contribution in [0.25, 0.3) is 0 Å². The Kier molecular flexibility index (Phi) is 6.84. The number of hydrogen-bond acceptors (Lipinski definition) is 4. The predicted molar refractivity (Wildman–Crippen MR) is 110 cm³/mol. The SMILES string of the molecule is CN(C)C(=O)c1c(C(F)(F)F)ccc(N=C(N)C(N)=Nc2cccc(Cl)c2Cl)c1O. The minimum Gasteiger partial charge on any atom is -0.505 e. The highest BCUT2D eigenvalue weighted by Crippen LogP contribution is 2.41. The molecule has 0 unspecified atom stereocenters. The summed E-state index contributed by atoms with van der Waals surface area (Å²) in [5.41, 5.74) is 9.02. The quantitative estimate of drug-likeness (QED) is 0.470. The van der Waals surface area contributed by atoms with Crippen molar-refractivity contribution in [3.63, 3.8) is 0 Å². The number of alkyl halides is 3. The second kappa shape index (κ2) is 8.80. The first kappa shape index (κ1) is 23.3. The molecule has 0 heterocycles. The number of hydrogen-bond donors (Lipinski definition) is 3. The third-order valence-corrected chi connectivity index (χ3v) is 4.57. The summed E-state index contributed by atoms with van der Waals surface area (Å²) >= 11 is 11.9. The third-order valence-electron chi connectivity index (χ3n) is 3.76. The van der Waals surface area contributed by atoms with Gasteiger partial charge < -0.3 is 21.5 Å². The van der Waals surface area contributed by atoms with Crippen LogP contribution < -0.4 is 11.5 Å². The molecule has 2 rings (SSSR count). The summed E-state index contributed by atoms with van der Waals surface area (Å²) in [5.74, 6) is -2.83. The number of nitrogens with zero attached hydrogens (tertiary/aromatic N) is 3. The van der Waals surface area contributed by atoms with Crippen LogP contribution >= 0.6 is 23.2 Å². The highest BCUT2D eigenvalue weighted by atomic mass is 35.5. The van der Waals surface area contributed by atoms with Crippen LogP contribution in [0.2, 0.25) is 10.0 Å². The Morgan fingerprint density at radius 2 is 1.60 bits per heavy atom. The number of nitrogens with two attached hydrogens (primary N) is 2. The molecular weight excluding hydrogens is 446 g/mol. The van der Waals surface area contributed by atoms with Crippen LogP contribution in [0.3, 0.4) is 0 Å². The average molecular weight is 462 g/mol. The Labute approximate surface area is 179 Å². The zero-order valence-electron chi connectivity index (χ0n) is 15.6. The number of halogens is 5. The molecule has 0 aliphatic rings. The molecule has 160 valence electrons. The van der Waals surface area contributed by atoms with E-state index in [-0.39, 0.29) is 21.6 Å². The van der Waals surface area contributed by atoms with E-state index in [1.807, 2.05) is 0 Å². The van der Waals surface area contributed by atoms with Gasteiger partial charge in [-0.25, -0.2) is 9.98 Å². The van der Waals surface area contributed by atoms with Crippen molar-refractivity contribution in [3.8, 4) is 5.75 Å². The Bertz CT molecular complexity index is 1050. The lowest BCUT2D eigenvalue weighted by Crippen LogP contribution is -2.31. The van der Waals surface area contributed by atoms with Crippen molar-refractivity contribution >= 4 is 52.2 Å². The third kappa shape index (κ3) is 4.95. The van der Waals surface area contributed by atoms with E-state index in [9.17, 15) is 23.1 Å². The molecule has 5 N–H and O–H groups in total. The minimum atomic E-state index is -4.88. The number of phenolic OH excluding ortho intramolecular Hbond substituents is 1. The summed E-state index contributed by atoms with van der Waals surface area (Å²) in [6.07, 6.45) is -4.88. The fourth-order valence-electron chi connectivity index (χ4n) is 2.30. The van der Waals surface area contributed by atoms with Gasteiger partial charge in [-0.05, 0) is 24.3 Å². The molecule has 7 nitrogen and oxygen atoms in total. The average Bonchev–Trinajstić information content (AvgIpc) is 2.65. The standard InChI is InChI=1S/C18H16Cl2F3N5O2/c1-28(2)17(30)12-8(18(21,22)23)6-7-11(14(12)29)27-16(25)15(24)26-10-5-3-4-9(19)13(10)20/h3-7,29H,1-2H3,(H2,24,26)(H2,25,27). The molecule has 0 bridgehead atoms. The van der Waals surface area contributed by atoms with Gasteiger partial charge in [0.2, 0.25) is 0 Å². The van der Waals surface area contributed by atoms with E-state index in [4.69, 9.17) is 34.7 Å². The number of amides is 1. The van der Waals surface area contributed by atoms with Gasteiger partial charge in [0.1, 0.15) is 5.69 Å². The molecule has 0 aromatic heterocycles. The van der Waals surface area contributed by atoms with Gasteiger partial charge in [0.15, 0.2) is 17.4 Å². The van der Waals surface area contributed by atoms with Gasteiger partial charge in [0.05, 0.1) is 26.9 Å². The van der Waals surface area contributed by atoms with Crippen LogP contribution in [-0.2, 0) is 6.18 Å². The van der Waals surface area contributed by atoms with Crippen molar-refractivity contribution in [2.75, 3.05) is 14.1 Å². The van der Waals surface area contributed by atoms with E-state index < -0.39 is 40.5 Å². The monoisotopic (exact) mass is 461 g/mol. The number of aromatic hydroxyl groups is 1. The fraction of sp³-hybridized carbons (Fsp3) is 0.167. The number of rotatable bonds is 3. The van der Waals surface area contributed by atoms with E-state index in [2.05, 4.69) is 9.98 Å². The molecule has 30 heavy (non-hydrogen) atoms. The van der Waals surface area contributed by atoms with Crippen LogP contribution in [0.15, 0.2) is 40.3 Å². The zero-order valence-corrected chi connectivity index (χ0v) is 17.1. The Balaban J connectivity index is 2.57. The lowest BCUT2D eigenvalue weighted by molar-refractivity contribution is -0.138. The smallest absolute Gasteiger partial charge is 0.417 e. The normalized spacial score (nSPS) is 12.8. The topological polar surface area (TPSA) is 117 Å². The van der Waals surface area contributed by atoms with E-state index in [0.29, 0.717) is 6.07 Å². The molecule has 12 heteroatoms. The highest BCUT2D eigenvalue weighted by Gasteiger charge is 2.38. The molecule has 0 aliphatic heterocycles. The van der Waals surface area contributed by atoms with Gasteiger partial charge >= 0.3 is 6.18 Å². The van der Waals surface area contributed by atoms with Crippen LogP contribution in [-0.4, -0.2) is 41.7 Å². The van der Waals surface area contributed by atoms with Crippen LogP contribution in [0.4, 0.5) is 24.5 Å². The number of carbonyl (C=O) groups excluding carboxylic acids is 1. The number of amidine groups is 2. The van der Waals surface area contributed by atoms with E-state index in [1.54, 1.807) is 6.07 Å². The first-order chi connectivity index (χ1) is 13.8. The number of carbonyl (C=O) groups is 1. The van der Waals surface area contributed by atoms with E-state index >= 15 is 0 Å². The van der Waals surface area contributed by atoms with E-state index in [0.717, 1.165) is 11.0 Å². The van der Waals surface area contributed by atoms with Gasteiger partial charge in [-0.15, -0.1) is 0 Å². The summed E-state index contributed by atoms with van der Waals surface area (Å²) in [6.45, 7) is 0. The van der Waals surface area contributed by atoms with Crippen molar-refractivity contribution in [2.45, 2.75) is 6.18 Å². The maximum absolute atomic E-state index is 13.3. The van der Waals surface area contributed by atoms with Gasteiger partial charge in [0.25, 0.3) is 5.91 Å². The van der Waals surface area contributed by atoms with Gasteiger partial charge in [0, 0.05) is 14.1 Å². The maximum atomic E-state index is 13.3. The van der Waals surface area contributed by atoms with Crippen molar-refractivity contribution in [2.24, 2.45) is 21.5 Å². The van der Waals surface area contributed by atoms with Crippen LogP contribution in [0, 0.1) is 0 Å². The van der Waals surface area contributed by atoms with Crippen molar-refractivity contribution < 1.29 is 23.1 Å². The van der Waals surface area contributed by atoms with Crippen LogP contribution in [0.1, 0.15) is 15.9 Å². The maximum Gasteiger partial charge on any atom is 0.417 e. The largest absolute Gasteiger partial charge is 0.505 e. The summed E-state index contributed by atoms with van der Waals surface area (Å²) < 4.78 is 39.8. The van der Waals surface area contributed by atoms with Crippen molar-refractivity contribution in [1.82, 2.24) is 4.90 Å². The number of phenols is 1. The second-order valence-corrected chi connectivity index (χ2v) is 6.91. The molecule has 2 aromatic rings. The fourth-order valence-corrected chi connectivity index (χ4v) is 2.64. The van der Waals surface area contributed by atoms with Gasteiger partial charge in [-0.2, -0.15) is 13.2 Å². The van der Waals surface area contributed by atoms with E-state index in [1.165, 1.54) is 26.2 Å². The summed E-state index contributed by atoms with van der Waals surface area (Å²) in [5, 5.41) is 10.6. The van der Waals surface area contributed by atoms with Gasteiger partial charge in [-0.1, -0.05) is 29.3 Å². The van der Waals surface area contributed by atoms with Crippen molar-refractivity contribution in [3.05, 3.63) is 51.5 Å². The minimum absolute atomic E-state index is 0.103. The Hall–Kier alpha value is -2.98. The first-order valence-corrected chi connectivity index (χ1v) is 8.87. The first-order valence-electron chi connectivity index (χ1n) is 8.12. The summed E-state index contributed by atoms with van der Waals surface area (Å²) in [4.78, 5) is 20.9. The highest BCUT2D eigenvalue weighted by molar-refractivity contribution is 6.44. The molecule has 2 aromatic carbocycles.